The molecule has 1 heterocycles. The van der Waals surface area contributed by atoms with Crippen molar-refractivity contribution in [3.05, 3.63) is 154 Å². The van der Waals surface area contributed by atoms with Crippen molar-refractivity contribution >= 4 is 36.0 Å². The number of benzene rings is 4. The molecule has 0 spiro atoms. The Hall–Kier alpha value is -7.33. The van der Waals surface area contributed by atoms with E-state index < -0.39 is 60.1 Å². The number of carbonyl (C=O) groups is 5. The van der Waals surface area contributed by atoms with E-state index in [4.69, 9.17) is 18.9 Å². The molecule has 0 saturated carbocycles. The van der Waals surface area contributed by atoms with Crippen molar-refractivity contribution in [3.8, 4) is 11.1 Å². The number of unbranched alkanes of at least 4 members (excludes halogenated alkanes) is 2. The summed E-state index contributed by atoms with van der Waals surface area (Å²) in [4.78, 5) is 84.8. The SMILES string of the molecule is COC(=O)CNC[C@@H](CCCCCNC(=O)OC(C)(C)C)N(C(=O)Cn1ccc(NC(=O)OC(c2ccccc2)c2ccccc2)nc1=O)C(=O)OCC1c2ccccc2-c2ccccc21. The third-order valence-corrected chi connectivity index (χ3v) is 10.8. The molecule has 1 aromatic heterocycles. The summed E-state index contributed by atoms with van der Waals surface area (Å²) in [5, 5.41) is 8.23. The third kappa shape index (κ3) is 13.4. The Morgan fingerprint density at radius 1 is 0.773 bits per heavy atom. The molecule has 0 fully saturated rings. The summed E-state index contributed by atoms with van der Waals surface area (Å²) in [6.45, 7) is 4.77. The molecule has 0 unspecified atom stereocenters. The first-order valence-corrected chi connectivity index (χ1v) is 21.9. The summed E-state index contributed by atoms with van der Waals surface area (Å²) in [6.07, 6.45) is 0.168. The largest absolute Gasteiger partial charge is 0.468 e. The first-order chi connectivity index (χ1) is 31.8. The van der Waals surface area contributed by atoms with Crippen LogP contribution in [-0.4, -0.2) is 89.6 Å². The van der Waals surface area contributed by atoms with E-state index in [2.05, 4.69) is 20.9 Å². The number of nitrogens with zero attached hydrogens (tertiary/aromatic N) is 3. The number of aromatic nitrogens is 2. The van der Waals surface area contributed by atoms with Crippen molar-refractivity contribution in [1.82, 2.24) is 25.1 Å². The summed E-state index contributed by atoms with van der Waals surface area (Å²) < 4.78 is 23.0. The van der Waals surface area contributed by atoms with Gasteiger partial charge in [0.2, 0.25) is 0 Å². The molecule has 6 rings (SSSR count). The van der Waals surface area contributed by atoms with Crippen LogP contribution in [0.25, 0.3) is 11.1 Å². The lowest BCUT2D eigenvalue weighted by Crippen LogP contribution is -2.51. The molecule has 346 valence electrons. The number of carbonyl (C=O) groups excluding carboxylic acids is 5. The lowest BCUT2D eigenvalue weighted by atomic mass is 9.98. The molecule has 0 bridgehead atoms. The first kappa shape index (κ1) is 48.1. The van der Waals surface area contributed by atoms with Gasteiger partial charge in [-0.15, -0.1) is 0 Å². The molecule has 4 amide bonds. The van der Waals surface area contributed by atoms with Crippen LogP contribution in [0.5, 0.6) is 0 Å². The highest BCUT2D eigenvalue weighted by molar-refractivity contribution is 5.92. The van der Waals surface area contributed by atoms with Gasteiger partial charge in [0.25, 0.3) is 5.91 Å². The fourth-order valence-corrected chi connectivity index (χ4v) is 7.71. The highest BCUT2D eigenvalue weighted by Crippen LogP contribution is 2.44. The van der Waals surface area contributed by atoms with Crippen LogP contribution >= 0.6 is 0 Å². The summed E-state index contributed by atoms with van der Waals surface area (Å²) >= 11 is 0. The van der Waals surface area contributed by atoms with Crippen LogP contribution in [0.3, 0.4) is 0 Å². The number of esters is 1. The number of alkyl carbamates (subject to hydrolysis) is 1. The van der Waals surface area contributed by atoms with E-state index in [1.807, 2.05) is 109 Å². The van der Waals surface area contributed by atoms with Crippen molar-refractivity contribution in [2.45, 2.75) is 76.7 Å². The number of hydrogen-bond donors (Lipinski definition) is 3. The molecule has 16 heteroatoms. The molecule has 0 radical (unpaired) electrons. The predicted molar refractivity (Wildman–Crippen MR) is 247 cm³/mol. The number of rotatable bonds is 19. The van der Waals surface area contributed by atoms with Crippen molar-refractivity contribution < 1.29 is 42.9 Å². The normalized spacial score (nSPS) is 12.3. The molecular weight excluding hydrogens is 845 g/mol. The average molecular weight is 901 g/mol. The van der Waals surface area contributed by atoms with Crippen molar-refractivity contribution in [3.63, 3.8) is 0 Å². The summed E-state index contributed by atoms with van der Waals surface area (Å²) in [7, 11) is 1.25. The van der Waals surface area contributed by atoms with Gasteiger partial charge in [0, 0.05) is 25.2 Å². The second-order valence-electron chi connectivity index (χ2n) is 16.7. The van der Waals surface area contributed by atoms with Gasteiger partial charge in [-0.1, -0.05) is 122 Å². The molecule has 1 aliphatic rings. The van der Waals surface area contributed by atoms with E-state index in [1.54, 1.807) is 20.8 Å². The number of anilines is 1. The maximum atomic E-state index is 14.4. The monoisotopic (exact) mass is 900 g/mol. The Labute approximate surface area is 383 Å². The second kappa shape index (κ2) is 23.0. The van der Waals surface area contributed by atoms with Gasteiger partial charge in [0.05, 0.1) is 19.7 Å². The highest BCUT2D eigenvalue weighted by atomic mass is 16.6. The lowest BCUT2D eigenvalue weighted by molar-refractivity contribution is -0.139. The first-order valence-electron chi connectivity index (χ1n) is 21.9. The fourth-order valence-electron chi connectivity index (χ4n) is 7.71. The number of methoxy groups -OCH3 is 1. The smallest absolute Gasteiger partial charge is 0.416 e. The number of fused-ring (bicyclic) bond motifs is 3. The van der Waals surface area contributed by atoms with Gasteiger partial charge in [0.1, 0.15) is 24.6 Å². The van der Waals surface area contributed by atoms with Gasteiger partial charge >= 0.3 is 29.9 Å². The van der Waals surface area contributed by atoms with Crippen LogP contribution in [0, 0.1) is 0 Å². The van der Waals surface area contributed by atoms with Gasteiger partial charge in [-0.25, -0.2) is 24.1 Å². The van der Waals surface area contributed by atoms with E-state index in [9.17, 15) is 28.8 Å². The molecule has 4 aromatic carbocycles. The van der Waals surface area contributed by atoms with E-state index >= 15 is 0 Å². The molecule has 0 saturated heterocycles. The minimum Gasteiger partial charge on any atom is -0.468 e. The number of ether oxygens (including phenoxy) is 4. The van der Waals surface area contributed by atoms with Gasteiger partial charge < -0.3 is 29.6 Å². The average Bonchev–Trinajstić information content (AvgIpc) is 3.62. The van der Waals surface area contributed by atoms with Crippen molar-refractivity contribution in [2.75, 3.05) is 38.7 Å². The zero-order valence-electron chi connectivity index (χ0n) is 37.6. The molecule has 1 atom stereocenters. The second-order valence-corrected chi connectivity index (χ2v) is 16.7. The number of imide groups is 1. The Morgan fingerprint density at radius 3 is 1.97 bits per heavy atom. The number of hydrogen-bond acceptors (Lipinski definition) is 12. The molecule has 5 aromatic rings. The summed E-state index contributed by atoms with van der Waals surface area (Å²) in [6, 6.07) is 34.6. The topological polar surface area (TPSA) is 196 Å². The van der Waals surface area contributed by atoms with Gasteiger partial charge in [0.15, 0.2) is 6.10 Å². The zero-order valence-corrected chi connectivity index (χ0v) is 37.6. The van der Waals surface area contributed by atoms with Gasteiger partial charge in [-0.3, -0.25) is 19.5 Å². The Bertz CT molecular complexity index is 2420. The zero-order chi connectivity index (χ0) is 47.1. The minimum atomic E-state index is -0.938. The van der Waals surface area contributed by atoms with E-state index in [-0.39, 0.29) is 37.9 Å². The predicted octanol–water partition coefficient (Wildman–Crippen LogP) is 7.58. The van der Waals surface area contributed by atoms with Crippen LogP contribution in [-0.2, 0) is 35.1 Å². The quantitative estimate of drug-likeness (QED) is 0.0418. The summed E-state index contributed by atoms with van der Waals surface area (Å²) in [5.41, 5.74) is 3.95. The molecule has 66 heavy (non-hydrogen) atoms. The number of nitrogens with one attached hydrogen (secondary N) is 3. The van der Waals surface area contributed by atoms with Crippen LogP contribution < -0.4 is 21.6 Å². The molecule has 1 aliphatic carbocycles. The third-order valence-electron chi connectivity index (χ3n) is 10.8. The van der Waals surface area contributed by atoms with Crippen LogP contribution in [0.4, 0.5) is 20.2 Å². The van der Waals surface area contributed by atoms with Crippen molar-refractivity contribution in [2.24, 2.45) is 0 Å². The molecule has 0 aliphatic heterocycles. The standard InChI is InChI=1S/C50H56N6O10/c1-50(2,3)66-47(60)52-28-17-7-12-22-36(30-51-31-44(58)63-4)56(49(62)64-33-41-39-25-15-13-23-37(39)38-24-14-16-26-40(38)41)43(57)32-55-29-27-42(53-46(55)59)54-48(61)65-45(34-18-8-5-9-19-34)35-20-10-6-11-21-35/h5-6,8-11,13-16,18-21,23-27,29,36,41,45,51H,7,12,17,22,28,30-33H2,1-4H3,(H,52,60)(H,53,54,59,61)/t36-/m1/s1. The van der Waals surface area contributed by atoms with E-state index in [0.29, 0.717) is 25.8 Å². The number of amides is 4. The maximum absolute atomic E-state index is 14.4. The lowest BCUT2D eigenvalue weighted by Gasteiger charge is -2.30. The van der Waals surface area contributed by atoms with Gasteiger partial charge in [-0.05, 0) is 73.1 Å². The Balaban J connectivity index is 1.19. The van der Waals surface area contributed by atoms with E-state index in [0.717, 1.165) is 42.8 Å². The van der Waals surface area contributed by atoms with Gasteiger partial charge in [-0.2, -0.15) is 4.98 Å². The van der Waals surface area contributed by atoms with Crippen molar-refractivity contribution in [1.29, 1.82) is 0 Å². The highest BCUT2D eigenvalue weighted by Gasteiger charge is 2.34. The minimum absolute atomic E-state index is 0.00767. The Kier molecular flexibility index (Phi) is 16.8. The molecule has 16 nitrogen and oxygen atoms in total. The van der Waals surface area contributed by atoms with Crippen LogP contribution in [0.1, 0.15) is 80.7 Å². The molecular formula is C50H56N6O10. The Morgan fingerprint density at radius 2 is 1.38 bits per heavy atom. The maximum Gasteiger partial charge on any atom is 0.416 e. The molecule has 3 N–H and O–H groups in total. The van der Waals surface area contributed by atoms with Crippen LogP contribution in [0.15, 0.2) is 126 Å². The fraction of sp³-hybridized carbons (Fsp3) is 0.340. The van der Waals surface area contributed by atoms with E-state index in [1.165, 1.54) is 19.4 Å². The summed E-state index contributed by atoms with van der Waals surface area (Å²) in [5.74, 6) is -1.75. The van der Waals surface area contributed by atoms with Crippen LogP contribution in [0.2, 0.25) is 0 Å².